The second-order valence-corrected chi connectivity index (χ2v) is 4.91. The number of carbonyl (C=O) groups excluding carboxylic acids is 2. The van der Waals surface area contributed by atoms with Crippen LogP contribution in [0.3, 0.4) is 0 Å². The molecule has 0 spiro atoms. The highest BCUT2D eigenvalue weighted by molar-refractivity contribution is 6.37. The molecule has 0 aromatic carbocycles. The molecule has 1 rings (SSSR count). The van der Waals surface area contributed by atoms with Gasteiger partial charge in [0.1, 0.15) is 0 Å². The summed E-state index contributed by atoms with van der Waals surface area (Å²) in [5, 5.41) is 0. The van der Waals surface area contributed by atoms with E-state index in [0.717, 1.165) is 32.1 Å². The number of ketones is 2. The highest BCUT2D eigenvalue weighted by atomic mass is 16.2. The van der Waals surface area contributed by atoms with Crippen LogP contribution in [0.5, 0.6) is 0 Å². The maximum Gasteiger partial charge on any atom is 0.201 e. The van der Waals surface area contributed by atoms with Crippen LogP contribution in [0.1, 0.15) is 71.1 Å². The third-order valence-electron chi connectivity index (χ3n) is 3.59. The summed E-state index contributed by atoms with van der Waals surface area (Å²) in [6.45, 7) is 2.02. The minimum atomic E-state index is -0.118. The molecule has 92 valence electrons. The van der Waals surface area contributed by atoms with E-state index in [1.807, 2.05) is 6.92 Å². The molecule has 0 aliphatic heterocycles. The van der Waals surface area contributed by atoms with Crippen LogP contribution in [-0.4, -0.2) is 11.6 Å². The molecule has 1 unspecified atom stereocenters. The van der Waals surface area contributed by atoms with Crippen molar-refractivity contribution in [1.82, 2.24) is 0 Å². The Bertz CT molecular complexity index is 233. The number of Topliss-reactive ketones (excluding diaryl/α,β-unsaturated/α-hetero) is 2. The van der Waals surface area contributed by atoms with Crippen molar-refractivity contribution in [2.75, 3.05) is 0 Å². The van der Waals surface area contributed by atoms with Crippen molar-refractivity contribution < 1.29 is 9.59 Å². The Hall–Kier alpha value is -0.660. The van der Waals surface area contributed by atoms with E-state index in [-0.39, 0.29) is 17.5 Å². The molecule has 1 saturated carbocycles. The molecular weight excluding hydrogens is 200 g/mol. The summed E-state index contributed by atoms with van der Waals surface area (Å²) in [4.78, 5) is 23.5. The van der Waals surface area contributed by atoms with E-state index in [0.29, 0.717) is 6.42 Å². The Morgan fingerprint density at radius 2 is 1.50 bits per heavy atom. The molecular formula is C14H24O2. The van der Waals surface area contributed by atoms with Crippen molar-refractivity contribution >= 4 is 11.6 Å². The quantitative estimate of drug-likeness (QED) is 0.637. The topological polar surface area (TPSA) is 34.1 Å². The first-order valence-electron chi connectivity index (χ1n) is 6.82. The van der Waals surface area contributed by atoms with E-state index < -0.39 is 0 Å². The molecule has 0 aromatic heterocycles. The average molecular weight is 224 g/mol. The lowest BCUT2D eigenvalue weighted by Crippen LogP contribution is -2.23. The molecule has 0 aromatic rings. The molecule has 0 heterocycles. The maximum atomic E-state index is 11.8. The summed E-state index contributed by atoms with van der Waals surface area (Å²) < 4.78 is 0. The van der Waals surface area contributed by atoms with Crippen molar-refractivity contribution in [1.29, 1.82) is 0 Å². The van der Waals surface area contributed by atoms with E-state index in [1.54, 1.807) is 0 Å². The van der Waals surface area contributed by atoms with Gasteiger partial charge in [0.2, 0.25) is 5.78 Å². The Labute approximate surface area is 98.8 Å². The monoisotopic (exact) mass is 224 g/mol. The Balaban J connectivity index is 2.51. The number of hydrogen-bond donors (Lipinski definition) is 0. The van der Waals surface area contributed by atoms with Gasteiger partial charge in [0, 0.05) is 12.3 Å². The van der Waals surface area contributed by atoms with Gasteiger partial charge in [-0.1, -0.05) is 45.4 Å². The summed E-state index contributed by atoms with van der Waals surface area (Å²) in [6.07, 6.45) is 10.4. The smallest absolute Gasteiger partial charge is 0.201 e. The van der Waals surface area contributed by atoms with Gasteiger partial charge in [-0.2, -0.15) is 0 Å². The minimum absolute atomic E-state index is 0.00641. The summed E-state index contributed by atoms with van der Waals surface area (Å²) in [6, 6.07) is 0. The molecule has 1 aliphatic rings. The molecule has 0 N–H and O–H groups in total. The average Bonchev–Trinajstić information content (AvgIpc) is 2.29. The summed E-state index contributed by atoms with van der Waals surface area (Å²) in [5.74, 6) is -0.206. The summed E-state index contributed by atoms with van der Waals surface area (Å²) >= 11 is 0. The predicted molar refractivity (Wildman–Crippen MR) is 65.3 cm³/mol. The second-order valence-electron chi connectivity index (χ2n) is 4.91. The van der Waals surface area contributed by atoms with Crippen molar-refractivity contribution in [3.8, 4) is 0 Å². The first kappa shape index (κ1) is 13.4. The van der Waals surface area contributed by atoms with Crippen LogP contribution in [0, 0.1) is 5.92 Å². The zero-order chi connectivity index (χ0) is 11.8. The number of carbonyl (C=O) groups is 2. The van der Waals surface area contributed by atoms with Crippen LogP contribution in [-0.2, 0) is 9.59 Å². The van der Waals surface area contributed by atoms with Gasteiger partial charge in [0.25, 0.3) is 0 Å². The molecule has 1 aliphatic carbocycles. The molecule has 2 heteroatoms. The normalized spacial score (nSPS) is 25.9. The van der Waals surface area contributed by atoms with Crippen LogP contribution in [0.25, 0.3) is 0 Å². The van der Waals surface area contributed by atoms with Crippen LogP contribution in [0.2, 0.25) is 0 Å². The van der Waals surface area contributed by atoms with Crippen molar-refractivity contribution in [3.05, 3.63) is 0 Å². The Morgan fingerprint density at radius 3 is 2.12 bits per heavy atom. The van der Waals surface area contributed by atoms with Gasteiger partial charge in [0.15, 0.2) is 5.78 Å². The second kappa shape index (κ2) is 7.59. The largest absolute Gasteiger partial charge is 0.291 e. The van der Waals surface area contributed by atoms with Gasteiger partial charge >= 0.3 is 0 Å². The van der Waals surface area contributed by atoms with Gasteiger partial charge in [-0.15, -0.1) is 0 Å². The molecule has 16 heavy (non-hydrogen) atoms. The highest BCUT2D eigenvalue weighted by Crippen LogP contribution is 2.19. The first-order chi connectivity index (χ1) is 7.75. The molecule has 1 fully saturated rings. The van der Waals surface area contributed by atoms with Crippen molar-refractivity contribution in [2.45, 2.75) is 71.1 Å². The lowest BCUT2D eigenvalue weighted by molar-refractivity contribution is -0.139. The van der Waals surface area contributed by atoms with Gasteiger partial charge in [-0.05, 0) is 19.3 Å². The van der Waals surface area contributed by atoms with E-state index in [9.17, 15) is 9.59 Å². The summed E-state index contributed by atoms with van der Waals surface area (Å²) in [7, 11) is 0. The van der Waals surface area contributed by atoms with Crippen molar-refractivity contribution in [3.63, 3.8) is 0 Å². The third kappa shape index (κ3) is 4.46. The lowest BCUT2D eigenvalue weighted by atomic mass is 9.89. The van der Waals surface area contributed by atoms with E-state index in [4.69, 9.17) is 0 Å². The minimum Gasteiger partial charge on any atom is -0.291 e. The molecule has 0 radical (unpaired) electrons. The molecule has 0 amide bonds. The standard InChI is InChI=1S/C14H24O2/c1-2-12-10-8-6-4-3-5-7-9-11-13(15)14(12)16/h12H,2-11H2,1H3. The van der Waals surface area contributed by atoms with E-state index in [2.05, 4.69) is 0 Å². The zero-order valence-electron chi connectivity index (χ0n) is 10.5. The van der Waals surface area contributed by atoms with Gasteiger partial charge in [-0.25, -0.2) is 0 Å². The van der Waals surface area contributed by atoms with Gasteiger partial charge < -0.3 is 0 Å². The molecule has 2 nitrogen and oxygen atoms in total. The fourth-order valence-corrected chi connectivity index (χ4v) is 2.43. The van der Waals surface area contributed by atoms with Gasteiger partial charge in [-0.3, -0.25) is 9.59 Å². The van der Waals surface area contributed by atoms with Crippen molar-refractivity contribution in [2.24, 2.45) is 5.92 Å². The van der Waals surface area contributed by atoms with Crippen LogP contribution in [0.15, 0.2) is 0 Å². The fourth-order valence-electron chi connectivity index (χ4n) is 2.43. The van der Waals surface area contributed by atoms with Crippen LogP contribution in [0.4, 0.5) is 0 Å². The lowest BCUT2D eigenvalue weighted by Gasteiger charge is -2.13. The van der Waals surface area contributed by atoms with Crippen LogP contribution < -0.4 is 0 Å². The number of rotatable bonds is 1. The Morgan fingerprint density at radius 1 is 0.938 bits per heavy atom. The van der Waals surface area contributed by atoms with E-state index >= 15 is 0 Å². The summed E-state index contributed by atoms with van der Waals surface area (Å²) in [5.41, 5.74) is 0. The zero-order valence-corrected chi connectivity index (χ0v) is 10.5. The highest BCUT2D eigenvalue weighted by Gasteiger charge is 2.22. The van der Waals surface area contributed by atoms with Crippen LogP contribution >= 0.6 is 0 Å². The maximum absolute atomic E-state index is 11.8. The predicted octanol–water partition coefficient (Wildman–Crippen LogP) is 3.68. The fraction of sp³-hybridized carbons (Fsp3) is 0.857. The van der Waals surface area contributed by atoms with Gasteiger partial charge in [0.05, 0.1) is 0 Å². The van der Waals surface area contributed by atoms with E-state index in [1.165, 1.54) is 25.7 Å². The SMILES string of the molecule is CCC1CCCCCCCCCC(=O)C1=O. The molecule has 0 bridgehead atoms. The molecule has 0 saturated heterocycles. The Kier molecular flexibility index (Phi) is 6.36. The molecule has 1 atom stereocenters. The number of hydrogen-bond acceptors (Lipinski definition) is 2. The third-order valence-corrected chi connectivity index (χ3v) is 3.59. The first-order valence-corrected chi connectivity index (χ1v) is 6.82.